The molecule has 1 unspecified atom stereocenters. The van der Waals surface area contributed by atoms with Gasteiger partial charge < -0.3 is 4.74 Å². The lowest BCUT2D eigenvalue weighted by Crippen LogP contribution is -2.21. The highest BCUT2D eigenvalue weighted by Gasteiger charge is 2.32. The van der Waals surface area contributed by atoms with Crippen LogP contribution in [-0.4, -0.2) is 17.6 Å². The molecule has 0 spiro atoms. The predicted octanol–water partition coefficient (Wildman–Crippen LogP) is 2.48. The highest BCUT2D eigenvalue weighted by molar-refractivity contribution is 5.71. The van der Waals surface area contributed by atoms with Crippen LogP contribution in [0, 0.1) is 0 Å². The van der Waals surface area contributed by atoms with Gasteiger partial charge in [0.15, 0.2) is 0 Å². The Kier molecular flexibility index (Phi) is 2.57. The van der Waals surface area contributed by atoms with Gasteiger partial charge in [0.1, 0.15) is 6.61 Å². The predicted molar refractivity (Wildman–Crippen MR) is 56.1 cm³/mol. The van der Waals surface area contributed by atoms with Gasteiger partial charge in [0.25, 0.3) is 0 Å². The fourth-order valence-corrected chi connectivity index (χ4v) is 1.61. The van der Waals surface area contributed by atoms with E-state index in [0.29, 0.717) is 6.61 Å². The van der Waals surface area contributed by atoms with E-state index in [1.165, 1.54) is 11.1 Å². The van der Waals surface area contributed by atoms with E-state index >= 15 is 0 Å². The van der Waals surface area contributed by atoms with Crippen molar-refractivity contribution >= 4 is 6.09 Å². The Labute approximate surface area is 88.3 Å². The maximum atomic E-state index is 11.4. The molecule has 0 bridgehead atoms. The number of ether oxygens (including phenoxy) is 1. The van der Waals surface area contributed by atoms with E-state index in [2.05, 4.69) is 12.3 Å². The number of benzene rings is 1. The van der Waals surface area contributed by atoms with E-state index < -0.39 is 0 Å². The summed E-state index contributed by atoms with van der Waals surface area (Å²) in [6.45, 7) is 3.83. The molecular weight excluding hydrogens is 190 g/mol. The number of rotatable bonds is 2. The van der Waals surface area contributed by atoms with Crippen LogP contribution in [-0.2, 0) is 4.74 Å². The molecule has 1 aromatic rings. The van der Waals surface area contributed by atoms with Gasteiger partial charge in [-0.2, -0.15) is 0 Å². The van der Waals surface area contributed by atoms with Crippen molar-refractivity contribution in [3.8, 4) is 0 Å². The van der Waals surface area contributed by atoms with E-state index in [1.54, 1.807) is 0 Å². The molecule has 1 fully saturated rings. The summed E-state index contributed by atoms with van der Waals surface area (Å²) in [7, 11) is 0. The quantitative estimate of drug-likeness (QED) is 0.688. The number of carbonyl (C=O) groups is 1. The molecule has 76 valence electrons. The average molecular weight is 201 g/mol. The van der Waals surface area contributed by atoms with E-state index in [9.17, 15) is 4.79 Å². The van der Waals surface area contributed by atoms with Gasteiger partial charge in [-0.15, -0.1) is 5.73 Å². The summed E-state index contributed by atoms with van der Waals surface area (Å²) >= 11 is 0. The van der Waals surface area contributed by atoms with E-state index in [4.69, 9.17) is 4.74 Å². The SMILES string of the molecule is C=C=CN1C(=O)OCC1c1ccccc1. The number of hydrogen-bond donors (Lipinski definition) is 0. The molecule has 1 saturated heterocycles. The van der Waals surface area contributed by atoms with Crippen LogP contribution in [0.1, 0.15) is 11.6 Å². The molecule has 3 nitrogen and oxygen atoms in total. The molecule has 1 amide bonds. The molecule has 1 heterocycles. The molecule has 0 N–H and O–H groups in total. The second kappa shape index (κ2) is 4.03. The molecule has 0 radical (unpaired) electrons. The lowest BCUT2D eigenvalue weighted by molar-refractivity contribution is 0.166. The van der Waals surface area contributed by atoms with Gasteiger partial charge in [0, 0.05) is 0 Å². The van der Waals surface area contributed by atoms with Crippen molar-refractivity contribution < 1.29 is 9.53 Å². The van der Waals surface area contributed by atoms with Crippen molar-refractivity contribution in [1.82, 2.24) is 4.90 Å². The minimum absolute atomic E-state index is 0.0621. The topological polar surface area (TPSA) is 29.5 Å². The minimum atomic E-state index is -0.347. The van der Waals surface area contributed by atoms with Gasteiger partial charge in [-0.05, 0) is 5.56 Å². The average Bonchev–Trinajstić information content (AvgIpc) is 2.63. The normalized spacial score (nSPS) is 19.6. The molecule has 3 heteroatoms. The summed E-state index contributed by atoms with van der Waals surface area (Å²) in [5, 5.41) is 0. The zero-order chi connectivity index (χ0) is 10.7. The molecule has 1 atom stereocenters. The second-order valence-corrected chi connectivity index (χ2v) is 3.24. The molecule has 0 aromatic heterocycles. The smallest absolute Gasteiger partial charge is 0.415 e. The Bertz CT molecular complexity index is 407. The summed E-state index contributed by atoms with van der Waals surface area (Å²) in [6, 6.07) is 9.69. The number of amides is 1. The summed E-state index contributed by atoms with van der Waals surface area (Å²) in [5.41, 5.74) is 3.64. The van der Waals surface area contributed by atoms with Crippen LogP contribution in [0.25, 0.3) is 0 Å². The molecule has 1 aliphatic rings. The highest BCUT2D eigenvalue weighted by atomic mass is 16.6. The minimum Gasteiger partial charge on any atom is -0.447 e. The van der Waals surface area contributed by atoms with Crippen LogP contribution >= 0.6 is 0 Å². The van der Waals surface area contributed by atoms with Crippen molar-refractivity contribution in [1.29, 1.82) is 0 Å². The first-order valence-electron chi connectivity index (χ1n) is 4.69. The van der Waals surface area contributed by atoms with Crippen molar-refractivity contribution in [3.63, 3.8) is 0 Å². The molecule has 1 aliphatic heterocycles. The van der Waals surface area contributed by atoms with Crippen molar-refractivity contribution in [2.45, 2.75) is 6.04 Å². The van der Waals surface area contributed by atoms with Gasteiger partial charge in [-0.25, -0.2) is 4.79 Å². The maximum Gasteiger partial charge on any atom is 0.415 e. The van der Waals surface area contributed by atoms with E-state index in [0.717, 1.165) is 5.56 Å². The van der Waals surface area contributed by atoms with Crippen LogP contribution in [0.2, 0.25) is 0 Å². The zero-order valence-corrected chi connectivity index (χ0v) is 8.22. The van der Waals surface area contributed by atoms with Crippen LogP contribution in [0.15, 0.2) is 48.8 Å². The standard InChI is InChI=1S/C12H11NO2/c1-2-8-13-11(9-15-12(13)14)10-6-4-3-5-7-10/h3-8,11H,1,9H2. The third-order valence-electron chi connectivity index (χ3n) is 2.33. The van der Waals surface area contributed by atoms with Gasteiger partial charge in [0.05, 0.1) is 12.2 Å². The van der Waals surface area contributed by atoms with Crippen molar-refractivity contribution in [2.24, 2.45) is 0 Å². The summed E-state index contributed by atoms with van der Waals surface area (Å²) < 4.78 is 4.97. The Morgan fingerprint density at radius 1 is 1.47 bits per heavy atom. The Balaban J connectivity index is 2.30. The Hall–Kier alpha value is -1.99. The summed E-state index contributed by atoms with van der Waals surface area (Å²) in [4.78, 5) is 12.9. The molecule has 15 heavy (non-hydrogen) atoms. The molecule has 0 saturated carbocycles. The number of carbonyl (C=O) groups excluding carboxylic acids is 1. The highest BCUT2D eigenvalue weighted by Crippen LogP contribution is 2.27. The van der Waals surface area contributed by atoms with E-state index in [-0.39, 0.29) is 12.1 Å². The third-order valence-corrected chi connectivity index (χ3v) is 2.33. The second-order valence-electron chi connectivity index (χ2n) is 3.24. The fraction of sp³-hybridized carbons (Fsp3) is 0.167. The number of cyclic esters (lactones) is 1. The van der Waals surface area contributed by atoms with Gasteiger partial charge in [0.2, 0.25) is 0 Å². The largest absolute Gasteiger partial charge is 0.447 e. The first-order valence-corrected chi connectivity index (χ1v) is 4.69. The zero-order valence-electron chi connectivity index (χ0n) is 8.22. The summed E-state index contributed by atoms with van der Waals surface area (Å²) in [6.07, 6.45) is 1.17. The van der Waals surface area contributed by atoms with Gasteiger partial charge in [-0.3, -0.25) is 4.90 Å². The number of hydrogen-bond acceptors (Lipinski definition) is 2. The third kappa shape index (κ3) is 1.78. The van der Waals surface area contributed by atoms with Crippen LogP contribution < -0.4 is 0 Å². The van der Waals surface area contributed by atoms with Gasteiger partial charge >= 0.3 is 6.09 Å². The first kappa shape index (κ1) is 9.56. The van der Waals surface area contributed by atoms with Crippen LogP contribution in [0.4, 0.5) is 4.79 Å². The lowest BCUT2D eigenvalue weighted by atomic mass is 10.1. The van der Waals surface area contributed by atoms with Crippen LogP contribution in [0.5, 0.6) is 0 Å². The molecule has 1 aromatic carbocycles. The summed E-state index contributed by atoms with van der Waals surface area (Å²) in [5.74, 6) is 0. The maximum absolute atomic E-state index is 11.4. The molecular formula is C12H11NO2. The van der Waals surface area contributed by atoms with Crippen LogP contribution in [0.3, 0.4) is 0 Å². The Morgan fingerprint density at radius 2 is 2.20 bits per heavy atom. The van der Waals surface area contributed by atoms with Crippen molar-refractivity contribution in [3.05, 3.63) is 54.4 Å². The van der Waals surface area contributed by atoms with Crippen molar-refractivity contribution in [2.75, 3.05) is 6.61 Å². The molecule has 0 aliphatic carbocycles. The fourth-order valence-electron chi connectivity index (χ4n) is 1.61. The Morgan fingerprint density at radius 3 is 2.87 bits per heavy atom. The monoisotopic (exact) mass is 201 g/mol. The first-order chi connectivity index (χ1) is 7.33. The number of nitrogens with zero attached hydrogens (tertiary/aromatic N) is 1. The van der Waals surface area contributed by atoms with Gasteiger partial charge in [-0.1, -0.05) is 36.9 Å². The van der Waals surface area contributed by atoms with E-state index in [1.807, 2.05) is 30.3 Å². The lowest BCUT2D eigenvalue weighted by Gasteiger charge is -2.16. The molecule has 2 rings (SSSR count).